The lowest BCUT2D eigenvalue weighted by Gasteiger charge is -2.05. The standard InChI is InChI=1S/C16H15NO4/c18-15(21-11-13-2-1-9-17-10-13)8-5-12-3-6-14(7-4-12)16(19)20/h1-4,6-7,9-10H,5,8,11H2,(H,19,20). The number of hydrogen-bond acceptors (Lipinski definition) is 4. The van der Waals surface area contributed by atoms with Gasteiger partial charge in [0.05, 0.1) is 5.56 Å². The molecule has 5 nitrogen and oxygen atoms in total. The van der Waals surface area contributed by atoms with E-state index >= 15 is 0 Å². The molecule has 0 saturated carbocycles. The van der Waals surface area contributed by atoms with Crippen LogP contribution in [-0.4, -0.2) is 22.0 Å². The number of benzene rings is 1. The van der Waals surface area contributed by atoms with E-state index < -0.39 is 5.97 Å². The number of carboxylic acid groups (broad SMARTS) is 1. The van der Waals surface area contributed by atoms with Crippen molar-refractivity contribution in [1.82, 2.24) is 4.98 Å². The van der Waals surface area contributed by atoms with Crippen LogP contribution >= 0.6 is 0 Å². The summed E-state index contributed by atoms with van der Waals surface area (Å²) < 4.78 is 5.14. The number of hydrogen-bond donors (Lipinski definition) is 1. The van der Waals surface area contributed by atoms with Crippen molar-refractivity contribution in [3.63, 3.8) is 0 Å². The molecule has 21 heavy (non-hydrogen) atoms. The van der Waals surface area contributed by atoms with E-state index in [0.29, 0.717) is 6.42 Å². The van der Waals surface area contributed by atoms with Gasteiger partial charge in [0.2, 0.25) is 0 Å². The molecule has 1 aromatic heterocycles. The zero-order chi connectivity index (χ0) is 15.1. The number of ether oxygens (including phenoxy) is 1. The number of pyridine rings is 1. The Morgan fingerprint density at radius 2 is 1.86 bits per heavy atom. The van der Waals surface area contributed by atoms with Crippen molar-refractivity contribution in [2.24, 2.45) is 0 Å². The van der Waals surface area contributed by atoms with Gasteiger partial charge < -0.3 is 9.84 Å². The largest absolute Gasteiger partial charge is 0.478 e. The molecule has 0 unspecified atom stereocenters. The Bertz CT molecular complexity index is 608. The van der Waals surface area contributed by atoms with Crippen molar-refractivity contribution in [2.75, 3.05) is 0 Å². The van der Waals surface area contributed by atoms with Crippen LogP contribution in [0.25, 0.3) is 0 Å². The van der Waals surface area contributed by atoms with E-state index in [1.54, 1.807) is 30.6 Å². The van der Waals surface area contributed by atoms with E-state index in [2.05, 4.69) is 4.98 Å². The van der Waals surface area contributed by atoms with Crippen molar-refractivity contribution >= 4 is 11.9 Å². The van der Waals surface area contributed by atoms with E-state index in [4.69, 9.17) is 9.84 Å². The Kier molecular flexibility index (Phi) is 5.04. The fourth-order valence-corrected chi connectivity index (χ4v) is 1.78. The third kappa shape index (κ3) is 4.72. The molecule has 5 heteroatoms. The van der Waals surface area contributed by atoms with E-state index in [1.165, 1.54) is 12.1 Å². The molecule has 0 bridgehead atoms. The van der Waals surface area contributed by atoms with Crippen LogP contribution in [0.15, 0.2) is 48.8 Å². The summed E-state index contributed by atoms with van der Waals surface area (Å²) in [5.74, 6) is -1.25. The summed E-state index contributed by atoms with van der Waals surface area (Å²) in [4.78, 5) is 26.3. The SMILES string of the molecule is O=C(CCc1ccc(C(=O)O)cc1)OCc1cccnc1. The van der Waals surface area contributed by atoms with Crippen LogP contribution in [0.5, 0.6) is 0 Å². The molecule has 2 rings (SSSR count). The third-order valence-electron chi connectivity index (χ3n) is 2.94. The fraction of sp³-hybridized carbons (Fsp3) is 0.188. The summed E-state index contributed by atoms with van der Waals surface area (Å²) in [6.07, 6.45) is 4.09. The molecule has 0 aliphatic rings. The van der Waals surface area contributed by atoms with Crippen LogP contribution < -0.4 is 0 Å². The van der Waals surface area contributed by atoms with Gasteiger partial charge in [0.1, 0.15) is 6.61 Å². The van der Waals surface area contributed by atoms with Gasteiger partial charge in [0.15, 0.2) is 0 Å². The first-order valence-electron chi connectivity index (χ1n) is 6.52. The summed E-state index contributed by atoms with van der Waals surface area (Å²) in [5.41, 5.74) is 1.98. The Balaban J connectivity index is 1.77. The van der Waals surface area contributed by atoms with Gasteiger partial charge in [-0.1, -0.05) is 18.2 Å². The molecular formula is C16H15NO4. The number of carboxylic acids is 1. The lowest BCUT2D eigenvalue weighted by Crippen LogP contribution is -2.06. The first-order chi connectivity index (χ1) is 10.1. The van der Waals surface area contributed by atoms with Crippen LogP contribution in [0.1, 0.15) is 27.9 Å². The van der Waals surface area contributed by atoms with Gasteiger partial charge in [-0.3, -0.25) is 9.78 Å². The van der Waals surface area contributed by atoms with E-state index in [9.17, 15) is 9.59 Å². The van der Waals surface area contributed by atoms with Gasteiger partial charge in [-0.05, 0) is 30.2 Å². The summed E-state index contributed by atoms with van der Waals surface area (Å²) >= 11 is 0. The Hall–Kier alpha value is -2.69. The summed E-state index contributed by atoms with van der Waals surface area (Å²) in [7, 11) is 0. The average molecular weight is 285 g/mol. The monoisotopic (exact) mass is 285 g/mol. The molecule has 0 aliphatic carbocycles. The number of aromatic nitrogens is 1. The second-order valence-electron chi connectivity index (χ2n) is 4.52. The van der Waals surface area contributed by atoms with Gasteiger partial charge in [0.25, 0.3) is 0 Å². The molecule has 0 aliphatic heterocycles. The van der Waals surface area contributed by atoms with Crippen molar-refractivity contribution < 1.29 is 19.4 Å². The smallest absolute Gasteiger partial charge is 0.335 e. The minimum atomic E-state index is -0.961. The molecule has 108 valence electrons. The number of carbonyl (C=O) groups excluding carboxylic acids is 1. The highest BCUT2D eigenvalue weighted by Crippen LogP contribution is 2.08. The van der Waals surface area contributed by atoms with Crippen LogP contribution in [0, 0.1) is 0 Å². The normalized spacial score (nSPS) is 10.1. The maximum atomic E-state index is 11.6. The third-order valence-corrected chi connectivity index (χ3v) is 2.94. The minimum absolute atomic E-state index is 0.213. The van der Waals surface area contributed by atoms with E-state index in [-0.39, 0.29) is 24.6 Å². The average Bonchev–Trinajstić information content (AvgIpc) is 2.52. The number of rotatable bonds is 6. The minimum Gasteiger partial charge on any atom is -0.478 e. The van der Waals surface area contributed by atoms with Gasteiger partial charge in [-0.15, -0.1) is 0 Å². The lowest BCUT2D eigenvalue weighted by molar-refractivity contribution is -0.144. The molecule has 0 fully saturated rings. The fourth-order valence-electron chi connectivity index (χ4n) is 1.78. The van der Waals surface area contributed by atoms with Crippen molar-refractivity contribution in [3.05, 3.63) is 65.5 Å². The van der Waals surface area contributed by atoms with E-state index in [1.807, 2.05) is 6.07 Å². The first kappa shape index (κ1) is 14.7. The summed E-state index contributed by atoms with van der Waals surface area (Å²) in [6, 6.07) is 10.1. The molecule has 0 saturated heterocycles. The predicted molar refractivity (Wildman–Crippen MR) is 75.8 cm³/mol. The molecule has 0 amide bonds. The summed E-state index contributed by atoms with van der Waals surface area (Å²) in [5, 5.41) is 8.79. The van der Waals surface area contributed by atoms with Crippen molar-refractivity contribution in [2.45, 2.75) is 19.4 Å². The number of esters is 1. The zero-order valence-electron chi connectivity index (χ0n) is 11.4. The van der Waals surface area contributed by atoms with Crippen LogP contribution in [0.2, 0.25) is 0 Å². The molecule has 2 aromatic rings. The molecule has 0 spiro atoms. The van der Waals surface area contributed by atoms with E-state index in [0.717, 1.165) is 11.1 Å². The van der Waals surface area contributed by atoms with Crippen LogP contribution in [0.4, 0.5) is 0 Å². The molecule has 0 atom stereocenters. The maximum absolute atomic E-state index is 11.6. The van der Waals surface area contributed by atoms with Gasteiger partial charge in [-0.2, -0.15) is 0 Å². The molecule has 1 heterocycles. The number of nitrogens with zero attached hydrogens (tertiary/aromatic N) is 1. The summed E-state index contributed by atoms with van der Waals surface area (Å²) in [6.45, 7) is 0.213. The van der Waals surface area contributed by atoms with Gasteiger partial charge in [0, 0.05) is 24.4 Å². The van der Waals surface area contributed by atoms with Crippen LogP contribution in [-0.2, 0) is 22.6 Å². The quantitative estimate of drug-likeness (QED) is 0.825. The second-order valence-corrected chi connectivity index (χ2v) is 4.52. The van der Waals surface area contributed by atoms with Crippen molar-refractivity contribution in [1.29, 1.82) is 0 Å². The molecule has 1 aromatic carbocycles. The Morgan fingerprint density at radius 3 is 2.48 bits per heavy atom. The highest BCUT2D eigenvalue weighted by atomic mass is 16.5. The number of carbonyl (C=O) groups is 2. The molecule has 0 radical (unpaired) electrons. The number of aromatic carboxylic acids is 1. The topological polar surface area (TPSA) is 76.5 Å². The molecular weight excluding hydrogens is 270 g/mol. The Labute approximate surface area is 122 Å². The molecule has 1 N–H and O–H groups in total. The first-order valence-corrected chi connectivity index (χ1v) is 6.52. The maximum Gasteiger partial charge on any atom is 0.335 e. The lowest BCUT2D eigenvalue weighted by atomic mass is 10.1. The van der Waals surface area contributed by atoms with Gasteiger partial charge >= 0.3 is 11.9 Å². The Morgan fingerprint density at radius 1 is 1.10 bits per heavy atom. The number of aryl methyl sites for hydroxylation is 1. The second kappa shape index (κ2) is 7.19. The van der Waals surface area contributed by atoms with Gasteiger partial charge in [-0.25, -0.2) is 4.79 Å². The highest BCUT2D eigenvalue weighted by molar-refractivity contribution is 5.87. The van der Waals surface area contributed by atoms with Crippen molar-refractivity contribution in [3.8, 4) is 0 Å². The van der Waals surface area contributed by atoms with Crippen LogP contribution in [0.3, 0.4) is 0 Å². The highest BCUT2D eigenvalue weighted by Gasteiger charge is 2.06. The predicted octanol–water partition coefficient (Wildman–Crippen LogP) is 2.46. The zero-order valence-corrected chi connectivity index (χ0v) is 11.4.